The number of rotatable bonds is 9. The number of urea groups is 1. The first kappa shape index (κ1) is 20.4. The van der Waals surface area contributed by atoms with E-state index in [-0.39, 0.29) is 23.8 Å². The van der Waals surface area contributed by atoms with Crippen molar-refractivity contribution in [2.45, 2.75) is 31.1 Å². The van der Waals surface area contributed by atoms with Crippen LogP contribution in [0.1, 0.15) is 24.1 Å². The molecule has 1 aromatic carbocycles. The smallest absolute Gasteiger partial charge is 0.328 e. The highest BCUT2D eigenvalue weighted by atomic mass is 32.2. The molecule has 0 bridgehead atoms. The Morgan fingerprint density at radius 1 is 1.11 bits per heavy atom. The summed E-state index contributed by atoms with van der Waals surface area (Å²) in [6, 6.07) is 5.33. The van der Waals surface area contributed by atoms with E-state index in [1.807, 2.05) is 11.6 Å². The van der Waals surface area contributed by atoms with E-state index in [1.54, 1.807) is 24.7 Å². The number of hydrogen-bond donors (Lipinski definition) is 4. The molecule has 9 nitrogen and oxygen atoms in total. The van der Waals surface area contributed by atoms with Crippen LogP contribution in [-0.4, -0.2) is 43.4 Å². The first-order chi connectivity index (χ1) is 12.9. The fourth-order valence-electron chi connectivity index (χ4n) is 2.23. The molecule has 1 aromatic heterocycles. The summed E-state index contributed by atoms with van der Waals surface area (Å²) in [5.41, 5.74) is 1.85. The molecule has 0 atom stereocenters. The summed E-state index contributed by atoms with van der Waals surface area (Å²) in [6.45, 7) is 2.51. The predicted octanol–water partition coefficient (Wildman–Crippen LogP) is 0.845. The molecule has 0 spiro atoms. The number of aryl methyl sites for hydroxylation is 1. The van der Waals surface area contributed by atoms with Crippen LogP contribution in [-0.2, 0) is 21.2 Å². The molecule has 3 amide bonds. The van der Waals surface area contributed by atoms with E-state index in [0.717, 1.165) is 11.3 Å². The standard InChI is InChI=1S/C17H23N5O4S/c1-13-4-6-15(7-5-13)27(25,26)22-17(24)20-9-2-3-16(23)19-10-8-14-11-18-12-21-14/h4-7,11-12H,2-3,8-10H2,1H3,(H,18,21)(H,19,23)(H2,20,22,24). The molecule has 10 heteroatoms. The molecule has 0 fully saturated rings. The zero-order chi connectivity index (χ0) is 19.7. The lowest BCUT2D eigenvalue weighted by atomic mass is 10.2. The number of carbonyl (C=O) groups is 2. The number of carbonyl (C=O) groups excluding carboxylic acids is 2. The van der Waals surface area contributed by atoms with Crippen LogP contribution in [0.5, 0.6) is 0 Å². The molecule has 0 saturated carbocycles. The van der Waals surface area contributed by atoms with Crippen molar-refractivity contribution in [3.8, 4) is 0 Å². The van der Waals surface area contributed by atoms with Crippen LogP contribution in [0.25, 0.3) is 0 Å². The second-order valence-electron chi connectivity index (χ2n) is 5.95. The average Bonchev–Trinajstić information content (AvgIpc) is 3.12. The van der Waals surface area contributed by atoms with Crippen LogP contribution in [0.4, 0.5) is 4.79 Å². The Labute approximate surface area is 158 Å². The van der Waals surface area contributed by atoms with Gasteiger partial charge in [-0.15, -0.1) is 0 Å². The van der Waals surface area contributed by atoms with Crippen LogP contribution < -0.4 is 15.4 Å². The number of imidazole rings is 1. The Kier molecular flexibility index (Phi) is 7.35. The highest BCUT2D eigenvalue weighted by Gasteiger charge is 2.16. The highest BCUT2D eigenvalue weighted by Crippen LogP contribution is 2.09. The average molecular weight is 393 g/mol. The first-order valence-electron chi connectivity index (χ1n) is 8.48. The molecule has 2 aromatic rings. The maximum absolute atomic E-state index is 12.1. The number of benzene rings is 1. The maximum atomic E-state index is 12.1. The second-order valence-corrected chi connectivity index (χ2v) is 7.64. The van der Waals surface area contributed by atoms with Gasteiger partial charge in [0, 0.05) is 37.8 Å². The Morgan fingerprint density at radius 3 is 2.52 bits per heavy atom. The third-order valence-corrected chi connectivity index (χ3v) is 5.04. The molecule has 0 radical (unpaired) electrons. The molecule has 27 heavy (non-hydrogen) atoms. The van der Waals surface area contributed by atoms with Gasteiger partial charge in [0.2, 0.25) is 5.91 Å². The quantitative estimate of drug-likeness (QED) is 0.469. The zero-order valence-corrected chi connectivity index (χ0v) is 15.8. The summed E-state index contributed by atoms with van der Waals surface area (Å²) in [5, 5.41) is 5.19. The molecule has 0 unspecified atom stereocenters. The van der Waals surface area contributed by atoms with E-state index in [1.165, 1.54) is 12.1 Å². The molecular formula is C17H23N5O4S. The molecular weight excluding hydrogens is 370 g/mol. The number of nitrogens with zero attached hydrogens (tertiary/aromatic N) is 1. The number of hydrogen-bond acceptors (Lipinski definition) is 5. The van der Waals surface area contributed by atoms with Crippen molar-refractivity contribution in [3.05, 3.63) is 48.0 Å². The van der Waals surface area contributed by atoms with Gasteiger partial charge in [0.25, 0.3) is 10.0 Å². The van der Waals surface area contributed by atoms with Crippen LogP contribution in [0.3, 0.4) is 0 Å². The van der Waals surface area contributed by atoms with Crippen LogP contribution in [0, 0.1) is 6.92 Å². The highest BCUT2D eigenvalue weighted by molar-refractivity contribution is 7.90. The van der Waals surface area contributed by atoms with Crippen LogP contribution in [0.2, 0.25) is 0 Å². The summed E-state index contributed by atoms with van der Waals surface area (Å²) >= 11 is 0. The SMILES string of the molecule is Cc1ccc(S(=O)(=O)NC(=O)NCCCC(=O)NCCc2cnc[nH]2)cc1. The monoisotopic (exact) mass is 393 g/mol. The lowest BCUT2D eigenvalue weighted by Crippen LogP contribution is -2.40. The van der Waals surface area contributed by atoms with E-state index >= 15 is 0 Å². The minimum atomic E-state index is -3.91. The van der Waals surface area contributed by atoms with Gasteiger partial charge in [-0.05, 0) is 25.5 Å². The first-order valence-corrected chi connectivity index (χ1v) is 9.96. The summed E-state index contributed by atoms with van der Waals surface area (Å²) < 4.78 is 26.1. The molecule has 146 valence electrons. The number of aromatic nitrogens is 2. The van der Waals surface area contributed by atoms with Gasteiger partial charge >= 0.3 is 6.03 Å². The lowest BCUT2D eigenvalue weighted by molar-refractivity contribution is -0.121. The van der Waals surface area contributed by atoms with Crippen molar-refractivity contribution in [2.24, 2.45) is 0 Å². The van der Waals surface area contributed by atoms with E-state index < -0.39 is 16.1 Å². The Bertz CT molecular complexity index is 848. The predicted molar refractivity (Wildman–Crippen MR) is 99.4 cm³/mol. The number of nitrogens with one attached hydrogen (secondary N) is 4. The number of aromatic amines is 1. The lowest BCUT2D eigenvalue weighted by Gasteiger charge is -2.09. The molecule has 0 saturated heterocycles. The van der Waals surface area contributed by atoms with E-state index in [0.29, 0.717) is 19.4 Å². The van der Waals surface area contributed by atoms with E-state index in [2.05, 4.69) is 20.6 Å². The maximum Gasteiger partial charge on any atom is 0.328 e. The van der Waals surface area contributed by atoms with Crippen molar-refractivity contribution < 1.29 is 18.0 Å². The zero-order valence-electron chi connectivity index (χ0n) is 15.0. The van der Waals surface area contributed by atoms with Crippen molar-refractivity contribution in [2.75, 3.05) is 13.1 Å². The molecule has 1 heterocycles. The fourth-order valence-corrected chi connectivity index (χ4v) is 3.16. The van der Waals surface area contributed by atoms with Crippen molar-refractivity contribution in [1.82, 2.24) is 25.3 Å². The Balaban J connectivity index is 1.62. The Morgan fingerprint density at radius 2 is 1.85 bits per heavy atom. The van der Waals surface area contributed by atoms with Crippen LogP contribution >= 0.6 is 0 Å². The van der Waals surface area contributed by atoms with Crippen molar-refractivity contribution in [1.29, 1.82) is 0 Å². The van der Waals surface area contributed by atoms with E-state index in [9.17, 15) is 18.0 Å². The van der Waals surface area contributed by atoms with Gasteiger partial charge in [0.1, 0.15) is 0 Å². The molecule has 4 N–H and O–H groups in total. The van der Waals surface area contributed by atoms with Gasteiger partial charge in [-0.2, -0.15) is 0 Å². The summed E-state index contributed by atoms with van der Waals surface area (Å²) in [5.74, 6) is -0.135. The van der Waals surface area contributed by atoms with Gasteiger partial charge in [-0.3, -0.25) is 4.79 Å². The van der Waals surface area contributed by atoms with Gasteiger partial charge in [0.05, 0.1) is 11.2 Å². The molecule has 0 aliphatic carbocycles. The van der Waals surface area contributed by atoms with Gasteiger partial charge in [-0.1, -0.05) is 17.7 Å². The third kappa shape index (κ3) is 7.10. The van der Waals surface area contributed by atoms with Crippen molar-refractivity contribution >= 4 is 22.0 Å². The minimum Gasteiger partial charge on any atom is -0.356 e. The Hall–Kier alpha value is -2.88. The largest absolute Gasteiger partial charge is 0.356 e. The molecule has 0 aliphatic rings. The summed E-state index contributed by atoms with van der Waals surface area (Å²) in [6.07, 6.45) is 4.55. The number of H-pyrrole nitrogens is 1. The molecule has 2 rings (SSSR count). The van der Waals surface area contributed by atoms with Crippen molar-refractivity contribution in [3.63, 3.8) is 0 Å². The number of sulfonamides is 1. The summed E-state index contributed by atoms with van der Waals surface area (Å²) in [7, 11) is -3.91. The topological polar surface area (TPSA) is 133 Å². The second kappa shape index (κ2) is 9.72. The minimum absolute atomic E-state index is 0.0138. The fraction of sp³-hybridized carbons (Fsp3) is 0.353. The van der Waals surface area contributed by atoms with Crippen LogP contribution in [0.15, 0.2) is 41.7 Å². The van der Waals surface area contributed by atoms with E-state index in [4.69, 9.17) is 0 Å². The van der Waals surface area contributed by atoms with Gasteiger partial charge in [-0.25, -0.2) is 22.9 Å². The summed E-state index contributed by atoms with van der Waals surface area (Å²) in [4.78, 5) is 30.3. The normalized spacial score (nSPS) is 11.0. The molecule has 0 aliphatic heterocycles. The van der Waals surface area contributed by atoms with Gasteiger partial charge in [0.15, 0.2) is 0 Å². The number of amides is 3. The third-order valence-electron chi connectivity index (χ3n) is 3.70. The van der Waals surface area contributed by atoms with Gasteiger partial charge < -0.3 is 15.6 Å².